The Bertz CT molecular complexity index is 1460. The zero-order valence-corrected chi connectivity index (χ0v) is 19.3. The maximum Gasteiger partial charge on any atom is 0.408 e. The fourth-order valence-corrected chi connectivity index (χ4v) is 4.54. The highest BCUT2D eigenvalue weighted by molar-refractivity contribution is 5.97. The number of carbonyl (C=O) groups excluding carboxylic acids is 1. The Morgan fingerprint density at radius 2 is 1.66 bits per heavy atom. The SMILES string of the molecule is O=C(N[C@@H](C1CC1)C(F)(F)F)c1cn(-c2c(F)cc(F)cc2F)c2nc(N3C[C@@H](O)[C@@H](O)C3)ccc2c1=O. The molecule has 0 radical (unpaired) electrons. The summed E-state index contributed by atoms with van der Waals surface area (Å²) in [4.78, 5) is 31.8. The number of β-amino-alcohol motifs (C(OH)–C–C–N with tert-alkyl or cyclic N) is 2. The number of alkyl halides is 3. The molecule has 0 spiro atoms. The highest BCUT2D eigenvalue weighted by Crippen LogP contribution is 2.40. The summed E-state index contributed by atoms with van der Waals surface area (Å²) in [6.07, 6.45) is -5.90. The van der Waals surface area contributed by atoms with Crippen LogP contribution in [0.2, 0.25) is 0 Å². The van der Waals surface area contributed by atoms with Crippen LogP contribution in [0.1, 0.15) is 23.2 Å². The lowest BCUT2D eigenvalue weighted by Crippen LogP contribution is -2.48. The van der Waals surface area contributed by atoms with Gasteiger partial charge in [0.15, 0.2) is 17.3 Å². The van der Waals surface area contributed by atoms with Gasteiger partial charge in [-0.25, -0.2) is 18.2 Å². The van der Waals surface area contributed by atoms with Crippen molar-refractivity contribution in [3.8, 4) is 5.69 Å². The van der Waals surface area contributed by atoms with E-state index in [1.807, 2.05) is 5.32 Å². The maximum atomic E-state index is 14.8. The molecule has 1 saturated carbocycles. The number of nitrogens with zero attached hydrogens (tertiary/aromatic N) is 3. The van der Waals surface area contributed by atoms with Gasteiger partial charge in [0.05, 0.1) is 17.6 Å². The number of fused-ring (bicyclic) bond motifs is 1. The summed E-state index contributed by atoms with van der Waals surface area (Å²) in [5.74, 6) is -6.28. The summed E-state index contributed by atoms with van der Waals surface area (Å²) in [7, 11) is 0. The zero-order chi connectivity index (χ0) is 27.5. The van der Waals surface area contributed by atoms with Crippen molar-refractivity contribution in [2.45, 2.75) is 37.3 Å². The van der Waals surface area contributed by atoms with E-state index in [1.54, 1.807) is 0 Å². The van der Waals surface area contributed by atoms with Gasteiger partial charge < -0.3 is 20.4 Å². The fraction of sp³-hybridized carbons (Fsp3) is 0.375. The summed E-state index contributed by atoms with van der Waals surface area (Å²) < 4.78 is 84.4. The van der Waals surface area contributed by atoms with Crippen molar-refractivity contribution in [2.24, 2.45) is 5.92 Å². The normalized spacial score (nSPS) is 20.7. The molecule has 5 rings (SSSR count). The van der Waals surface area contributed by atoms with Crippen molar-refractivity contribution in [1.82, 2.24) is 14.9 Å². The number of benzene rings is 1. The molecule has 3 heterocycles. The molecule has 202 valence electrons. The molecule has 2 aromatic heterocycles. The van der Waals surface area contributed by atoms with Crippen LogP contribution in [0.5, 0.6) is 0 Å². The molecule has 3 N–H and O–H groups in total. The molecule has 14 heteroatoms. The second kappa shape index (κ2) is 9.27. The summed E-state index contributed by atoms with van der Waals surface area (Å²) >= 11 is 0. The van der Waals surface area contributed by atoms with Gasteiger partial charge in [-0.05, 0) is 30.9 Å². The first-order chi connectivity index (χ1) is 17.8. The first kappa shape index (κ1) is 26.0. The molecule has 2 aliphatic rings. The molecular formula is C24H20F6N4O4. The third-order valence-corrected chi connectivity index (χ3v) is 6.62. The molecule has 0 bridgehead atoms. The second-order valence-corrected chi connectivity index (χ2v) is 9.37. The number of aromatic nitrogens is 2. The van der Waals surface area contributed by atoms with Crippen LogP contribution in [0, 0.1) is 23.4 Å². The van der Waals surface area contributed by atoms with Gasteiger partial charge >= 0.3 is 6.18 Å². The van der Waals surface area contributed by atoms with E-state index in [0.29, 0.717) is 22.9 Å². The van der Waals surface area contributed by atoms with Gasteiger partial charge in [0.2, 0.25) is 5.43 Å². The number of aliphatic hydroxyl groups is 2. The third kappa shape index (κ3) is 4.69. The van der Waals surface area contributed by atoms with E-state index in [0.717, 1.165) is 6.07 Å². The van der Waals surface area contributed by atoms with E-state index in [-0.39, 0.29) is 42.8 Å². The molecule has 1 saturated heterocycles. The van der Waals surface area contributed by atoms with E-state index < -0.39 is 70.4 Å². The molecule has 1 aliphatic heterocycles. The van der Waals surface area contributed by atoms with Crippen LogP contribution >= 0.6 is 0 Å². The number of amides is 1. The molecule has 1 aromatic carbocycles. The number of pyridine rings is 2. The molecule has 3 aromatic rings. The minimum atomic E-state index is -4.79. The van der Waals surface area contributed by atoms with Crippen molar-refractivity contribution in [1.29, 1.82) is 0 Å². The fourth-order valence-electron chi connectivity index (χ4n) is 4.54. The number of nitrogens with one attached hydrogen (secondary N) is 1. The lowest BCUT2D eigenvalue weighted by molar-refractivity contribution is -0.158. The van der Waals surface area contributed by atoms with E-state index in [4.69, 9.17) is 0 Å². The Balaban J connectivity index is 1.68. The standard InChI is InChI=1S/C24H20F6N4O4/c25-11-5-14(26)19(15(27)6-11)34-7-13(23(38)32-21(10-1-2-10)24(28,29)30)20(37)12-3-4-18(31-22(12)34)33-8-16(35)17(36)9-33/h3-7,10,16-17,21,35-36H,1-2,8-9H2,(H,32,38)/t16-,17+,21-/m0/s1. The van der Waals surface area contributed by atoms with E-state index in [1.165, 1.54) is 11.0 Å². The molecule has 38 heavy (non-hydrogen) atoms. The minimum absolute atomic E-state index is 0.0519. The predicted molar refractivity (Wildman–Crippen MR) is 121 cm³/mol. The Kier molecular flexibility index (Phi) is 6.34. The summed E-state index contributed by atoms with van der Waals surface area (Å²) in [5.41, 5.74) is -3.20. The monoisotopic (exact) mass is 542 g/mol. The smallest absolute Gasteiger partial charge is 0.389 e. The summed E-state index contributed by atoms with van der Waals surface area (Å²) in [5, 5.41) is 21.2. The van der Waals surface area contributed by atoms with Crippen molar-refractivity contribution < 1.29 is 41.4 Å². The Labute approximate surface area is 210 Å². The van der Waals surface area contributed by atoms with Crippen LogP contribution in [0.15, 0.2) is 35.3 Å². The number of anilines is 1. The van der Waals surface area contributed by atoms with Crippen LogP contribution in [0.3, 0.4) is 0 Å². The number of rotatable bonds is 5. The highest BCUT2D eigenvalue weighted by atomic mass is 19.4. The van der Waals surface area contributed by atoms with Gasteiger partial charge in [0.1, 0.15) is 28.9 Å². The van der Waals surface area contributed by atoms with Crippen LogP contribution < -0.4 is 15.6 Å². The number of aliphatic hydroxyl groups excluding tert-OH is 2. The van der Waals surface area contributed by atoms with Crippen LogP contribution in [0.25, 0.3) is 16.7 Å². The van der Waals surface area contributed by atoms with E-state index >= 15 is 0 Å². The second-order valence-electron chi connectivity index (χ2n) is 9.37. The van der Waals surface area contributed by atoms with Gasteiger partial charge in [0, 0.05) is 31.4 Å². The molecule has 8 nitrogen and oxygen atoms in total. The van der Waals surface area contributed by atoms with Gasteiger partial charge in [-0.3, -0.25) is 14.2 Å². The number of hydrogen-bond acceptors (Lipinski definition) is 6. The molecule has 2 fully saturated rings. The average Bonchev–Trinajstić information content (AvgIpc) is 3.61. The van der Waals surface area contributed by atoms with Crippen molar-refractivity contribution in [3.05, 3.63) is 63.7 Å². The first-order valence-electron chi connectivity index (χ1n) is 11.5. The molecule has 1 aliphatic carbocycles. The molecule has 0 unspecified atom stereocenters. The van der Waals surface area contributed by atoms with Gasteiger partial charge in [0.25, 0.3) is 5.91 Å². The van der Waals surface area contributed by atoms with Crippen LogP contribution in [-0.4, -0.2) is 63.2 Å². The average molecular weight is 542 g/mol. The number of halogens is 6. The van der Waals surface area contributed by atoms with Gasteiger partial charge in [-0.1, -0.05) is 0 Å². The quantitative estimate of drug-likeness (QED) is 0.428. The van der Waals surface area contributed by atoms with Crippen molar-refractivity contribution in [3.63, 3.8) is 0 Å². The lowest BCUT2D eigenvalue weighted by atomic mass is 10.1. The molecule has 1 amide bonds. The summed E-state index contributed by atoms with van der Waals surface area (Å²) in [6.45, 7) is -0.104. The third-order valence-electron chi connectivity index (χ3n) is 6.62. The minimum Gasteiger partial charge on any atom is -0.389 e. The van der Waals surface area contributed by atoms with Crippen LogP contribution in [0.4, 0.5) is 32.2 Å². The van der Waals surface area contributed by atoms with E-state index in [9.17, 15) is 46.1 Å². The Morgan fingerprint density at radius 1 is 1.05 bits per heavy atom. The Hall–Kier alpha value is -3.65. The predicted octanol–water partition coefficient (Wildman–Crippen LogP) is 2.42. The first-order valence-corrected chi connectivity index (χ1v) is 11.5. The molecule has 3 atom stereocenters. The zero-order valence-electron chi connectivity index (χ0n) is 19.3. The van der Waals surface area contributed by atoms with Crippen LogP contribution in [-0.2, 0) is 0 Å². The van der Waals surface area contributed by atoms with Gasteiger partial charge in [-0.2, -0.15) is 13.2 Å². The Morgan fingerprint density at radius 3 is 2.21 bits per heavy atom. The van der Waals surface area contributed by atoms with Gasteiger partial charge in [-0.15, -0.1) is 0 Å². The maximum absolute atomic E-state index is 14.8. The summed E-state index contributed by atoms with van der Waals surface area (Å²) in [6, 6.07) is 0.941. The largest absolute Gasteiger partial charge is 0.408 e. The lowest BCUT2D eigenvalue weighted by Gasteiger charge is -2.22. The number of hydrogen-bond donors (Lipinski definition) is 3. The topological polar surface area (TPSA) is 108 Å². The number of carbonyl (C=O) groups is 1. The van der Waals surface area contributed by atoms with E-state index in [2.05, 4.69) is 4.98 Å². The van der Waals surface area contributed by atoms with Crippen molar-refractivity contribution in [2.75, 3.05) is 18.0 Å². The highest BCUT2D eigenvalue weighted by Gasteiger charge is 2.50. The van der Waals surface area contributed by atoms with Crippen molar-refractivity contribution >= 4 is 22.8 Å². The molecular weight excluding hydrogens is 522 g/mol.